The standard InChI is InChI=1S/C7H14FN/c1-5(2)6-3-9-4-7(6)8/h5-7,9H,3-4H2,1-2H3/t6?,7-/m0/s1. The van der Waals surface area contributed by atoms with E-state index in [9.17, 15) is 4.39 Å². The van der Waals surface area contributed by atoms with E-state index in [2.05, 4.69) is 19.2 Å². The Morgan fingerprint density at radius 2 is 2.11 bits per heavy atom. The number of hydrogen-bond donors (Lipinski definition) is 1. The zero-order valence-electron chi connectivity index (χ0n) is 6.02. The fourth-order valence-corrected chi connectivity index (χ4v) is 1.32. The van der Waals surface area contributed by atoms with E-state index in [1.165, 1.54) is 0 Å². The highest BCUT2D eigenvalue weighted by Gasteiger charge is 2.28. The lowest BCUT2D eigenvalue weighted by atomic mass is 9.94. The second kappa shape index (κ2) is 2.65. The molecule has 0 saturated carbocycles. The predicted molar refractivity (Wildman–Crippen MR) is 36.1 cm³/mol. The van der Waals surface area contributed by atoms with Gasteiger partial charge in [-0.2, -0.15) is 0 Å². The first-order valence-electron chi connectivity index (χ1n) is 3.56. The predicted octanol–water partition coefficient (Wildman–Crippen LogP) is 1.20. The molecule has 1 aliphatic heterocycles. The van der Waals surface area contributed by atoms with Gasteiger partial charge in [-0.1, -0.05) is 13.8 Å². The molecule has 1 rings (SSSR count). The fraction of sp³-hybridized carbons (Fsp3) is 1.00. The van der Waals surface area contributed by atoms with Crippen LogP contribution in [-0.4, -0.2) is 19.3 Å². The number of alkyl halides is 1. The van der Waals surface area contributed by atoms with Crippen molar-refractivity contribution in [2.75, 3.05) is 13.1 Å². The van der Waals surface area contributed by atoms with Crippen molar-refractivity contribution in [3.63, 3.8) is 0 Å². The summed E-state index contributed by atoms with van der Waals surface area (Å²) in [5.41, 5.74) is 0. The van der Waals surface area contributed by atoms with Gasteiger partial charge in [0.15, 0.2) is 0 Å². The van der Waals surface area contributed by atoms with Crippen LogP contribution in [0.15, 0.2) is 0 Å². The molecule has 54 valence electrons. The first-order valence-corrected chi connectivity index (χ1v) is 3.56. The summed E-state index contributed by atoms with van der Waals surface area (Å²) in [4.78, 5) is 0. The van der Waals surface area contributed by atoms with Gasteiger partial charge in [0.05, 0.1) is 0 Å². The van der Waals surface area contributed by atoms with Crippen LogP contribution in [0.25, 0.3) is 0 Å². The van der Waals surface area contributed by atoms with Gasteiger partial charge in [0.25, 0.3) is 0 Å². The molecule has 0 aromatic heterocycles. The van der Waals surface area contributed by atoms with Crippen LogP contribution in [-0.2, 0) is 0 Å². The zero-order chi connectivity index (χ0) is 6.85. The molecule has 0 radical (unpaired) electrons. The van der Waals surface area contributed by atoms with Crippen molar-refractivity contribution in [1.82, 2.24) is 5.32 Å². The minimum atomic E-state index is -0.606. The first kappa shape index (κ1) is 7.00. The Morgan fingerprint density at radius 3 is 2.33 bits per heavy atom. The van der Waals surface area contributed by atoms with E-state index in [4.69, 9.17) is 0 Å². The topological polar surface area (TPSA) is 12.0 Å². The molecule has 0 spiro atoms. The average Bonchev–Trinajstić information content (AvgIpc) is 2.13. The second-order valence-electron chi connectivity index (χ2n) is 3.08. The van der Waals surface area contributed by atoms with Crippen molar-refractivity contribution in [1.29, 1.82) is 0 Å². The van der Waals surface area contributed by atoms with Crippen molar-refractivity contribution >= 4 is 0 Å². The Morgan fingerprint density at radius 1 is 1.44 bits per heavy atom. The Kier molecular flexibility index (Phi) is 2.06. The Balaban J connectivity index is 2.40. The smallest absolute Gasteiger partial charge is 0.117 e. The van der Waals surface area contributed by atoms with Gasteiger partial charge in [-0.25, -0.2) is 4.39 Å². The third-order valence-electron chi connectivity index (χ3n) is 2.04. The maximum absolute atomic E-state index is 12.8. The number of nitrogens with one attached hydrogen (secondary N) is 1. The van der Waals surface area contributed by atoms with Gasteiger partial charge in [0, 0.05) is 19.0 Å². The quantitative estimate of drug-likeness (QED) is 0.564. The summed E-state index contributed by atoms with van der Waals surface area (Å²) in [5.74, 6) is 0.736. The monoisotopic (exact) mass is 131 g/mol. The van der Waals surface area contributed by atoms with E-state index >= 15 is 0 Å². The lowest BCUT2D eigenvalue weighted by molar-refractivity contribution is 0.234. The van der Waals surface area contributed by atoms with E-state index in [0.717, 1.165) is 6.54 Å². The Labute approximate surface area is 55.6 Å². The summed E-state index contributed by atoms with van der Waals surface area (Å²) < 4.78 is 12.8. The normalized spacial score (nSPS) is 36.0. The van der Waals surface area contributed by atoms with E-state index in [-0.39, 0.29) is 5.92 Å². The molecular weight excluding hydrogens is 117 g/mol. The maximum Gasteiger partial charge on any atom is 0.117 e. The number of halogens is 1. The molecule has 1 saturated heterocycles. The molecule has 2 heteroatoms. The van der Waals surface area contributed by atoms with Gasteiger partial charge in [-0.05, 0) is 5.92 Å². The zero-order valence-corrected chi connectivity index (χ0v) is 6.02. The van der Waals surface area contributed by atoms with Crippen LogP contribution >= 0.6 is 0 Å². The van der Waals surface area contributed by atoms with E-state index in [1.54, 1.807) is 0 Å². The van der Waals surface area contributed by atoms with Gasteiger partial charge in [-0.3, -0.25) is 0 Å². The molecule has 1 nitrogen and oxygen atoms in total. The van der Waals surface area contributed by atoms with Gasteiger partial charge < -0.3 is 5.32 Å². The first-order chi connectivity index (χ1) is 4.22. The van der Waals surface area contributed by atoms with Crippen LogP contribution in [0.4, 0.5) is 4.39 Å². The molecule has 0 amide bonds. The van der Waals surface area contributed by atoms with Crippen LogP contribution in [0.1, 0.15) is 13.8 Å². The third kappa shape index (κ3) is 1.42. The van der Waals surface area contributed by atoms with E-state index in [1.807, 2.05) is 0 Å². The highest BCUT2D eigenvalue weighted by atomic mass is 19.1. The molecular formula is C7H14FN. The van der Waals surface area contributed by atoms with Crippen LogP contribution < -0.4 is 5.32 Å². The highest BCUT2D eigenvalue weighted by Crippen LogP contribution is 2.20. The summed E-state index contributed by atoms with van der Waals surface area (Å²) in [7, 11) is 0. The van der Waals surface area contributed by atoms with E-state index < -0.39 is 6.17 Å². The Hall–Kier alpha value is -0.110. The molecule has 0 aromatic rings. The molecule has 2 atom stereocenters. The van der Waals surface area contributed by atoms with Crippen molar-refractivity contribution in [2.24, 2.45) is 11.8 Å². The highest BCUT2D eigenvalue weighted by molar-refractivity contribution is 4.82. The Bertz CT molecular complexity index is 92.9. The minimum Gasteiger partial charge on any atom is -0.313 e. The van der Waals surface area contributed by atoms with Gasteiger partial charge in [0.1, 0.15) is 6.17 Å². The van der Waals surface area contributed by atoms with Gasteiger partial charge in [0.2, 0.25) is 0 Å². The van der Waals surface area contributed by atoms with Crippen molar-refractivity contribution in [3.8, 4) is 0 Å². The van der Waals surface area contributed by atoms with Crippen LogP contribution in [0, 0.1) is 11.8 Å². The minimum absolute atomic E-state index is 0.255. The van der Waals surface area contributed by atoms with Crippen molar-refractivity contribution in [3.05, 3.63) is 0 Å². The van der Waals surface area contributed by atoms with E-state index in [0.29, 0.717) is 12.5 Å². The molecule has 1 heterocycles. The average molecular weight is 131 g/mol. The summed E-state index contributed by atoms with van der Waals surface area (Å²) in [5, 5.41) is 3.03. The maximum atomic E-state index is 12.8. The van der Waals surface area contributed by atoms with Crippen molar-refractivity contribution < 1.29 is 4.39 Å². The summed E-state index contributed by atoms with van der Waals surface area (Å²) in [6.45, 7) is 5.57. The lowest BCUT2D eigenvalue weighted by Crippen LogP contribution is -2.18. The molecule has 0 aliphatic carbocycles. The molecule has 0 bridgehead atoms. The summed E-state index contributed by atoms with van der Waals surface area (Å²) in [6, 6.07) is 0. The lowest BCUT2D eigenvalue weighted by Gasteiger charge is -2.14. The molecule has 0 aromatic carbocycles. The molecule has 9 heavy (non-hydrogen) atoms. The number of hydrogen-bond acceptors (Lipinski definition) is 1. The van der Waals surface area contributed by atoms with Gasteiger partial charge in [-0.15, -0.1) is 0 Å². The number of rotatable bonds is 1. The second-order valence-corrected chi connectivity index (χ2v) is 3.08. The molecule has 1 fully saturated rings. The molecule has 1 N–H and O–H groups in total. The third-order valence-corrected chi connectivity index (χ3v) is 2.04. The fourth-order valence-electron chi connectivity index (χ4n) is 1.32. The SMILES string of the molecule is CC(C)C1CNC[C@@H]1F. The van der Waals surface area contributed by atoms with Crippen LogP contribution in [0.5, 0.6) is 0 Å². The molecule has 1 aliphatic rings. The largest absolute Gasteiger partial charge is 0.313 e. The van der Waals surface area contributed by atoms with Gasteiger partial charge >= 0.3 is 0 Å². The van der Waals surface area contributed by atoms with Crippen LogP contribution in [0.3, 0.4) is 0 Å². The molecule has 1 unspecified atom stereocenters. The van der Waals surface area contributed by atoms with Crippen molar-refractivity contribution in [2.45, 2.75) is 20.0 Å². The van der Waals surface area contributed by atoms with Crippen LogP contribution in [0.2, 0.25) is 0 Å². The summed E-state index contributed by atoms with van der Waals surface area (Å²) in [6.07, 6.45) is -0.606. The summed E-state index contributed by atoms with van der Waals surface area (Å²) >= 11 is 0.